The number of aryl methyl sites for hydroxylation is 1. The van der Waals surface area contributed by atoms with Crippen molar-refractivity contribution in [2.45, 2.75) is 19.9 Å². The third-order valence-electron chi connectivity index (χ3n) is 2.25. The second-order valence-electron chi connectivity index (χ2n) is 2.97. The minimum atomic E-state index is 0.574. The zero-order chi connectivity index (χ0) is 9.26. The fourth-order valence-electron chi connectivity index (χ4n) is 1.50. The molecule has 0 amide bonds. The van der Waals surface area contributed by atoms with Crippen LogP contribution in [0.1, 0.15) is 18.1 Å². The number of nitrogens with zero attached hydrogens (tertiary/aromatic N) is 1. The van der Waals surface area contributed by atoms with Crippen LogP contribution >= 0.6 is 11.3 Å². The maximum atomic E-state index is 5.63. The normalized spacial score (nSPS) is 10.9. The average molecular weight is 192 g/mol. The molecule has 0 saturated heterocycles. The number of fused-ring (bicyclic) bond motifs is 1. The first-order valence-electron chi connectivity index (χ1n) is 4.40. The van der Waals surface area contributed by atoms with Crippen molar-refractivity contribution in [3.63, 3.8) is 0 Å². The average Bonchev–Trinajstić information content (AvgIpc) is 2.64. The van der Waals surface area contributed by atoms with E-state index in [4.69, 9.17) is 5.73 Å². The van der Waals surface area contributed by atoms with Crippen LogP contribution in [0.3, 0.4) is 0 Å². The predicted octanol–water partition coefficient (Wildman–Crippen LogP) is 2.32. The van der Waals surface area contributed by atoms with Crippen LogP contribution < -0.4 is 5.73 Å². The van der Waals surface area contributed by atoms with Crippen molar-refractivity contribution >= 4 is 21.6 Å². The van der Waals surface area contributed by atoms with Gasteiger partial charge in [-0.05, 0) is 17.5 Å². The summed E-state index contributed by atoms with van der Waals surface area (Å²) in [5.41, 5.74) is 11.1. The van der Waals surface area contributed by atoms with Gasteiger partial charge in [-0.15, -0.1) is 11.3 Å². The van der Waals surface area contributed by atoms with Gasteiger partial charge >= 0.3 is 0 Å². The molecule has 0 aliphatic carbocycles. The highest BCUT2D eigenvalue weighted by atomic mass is 32.1. The van der Waals surface area contributed by atoms with E-state index in [1.165, 1.54) is 10.3 Å². The molecule has 13 heavy (non-hydrogen) atoms. The Balaban J connectivity index is 2.74. The molecule has 0 unspecified atom stereocenters. The fourth-order valence-corrected chi connectivity index (χ4v) is 2.42. The van der Waals surface area contributed by atoms with Crippen LogP contribution in [-0.2, 0) is 13.0 Å². The lowest BCUT2D eigenvalue weighted by molar-refractivity contribution is 1.07. The van der Waals surface area contributed by atoms with Gasteiger partial charge in [0.25, 0.3) is 0 Å². The molecule has 0 bridgehead atoms. The van der Waals surface area contributed by atoms with Gasteiger partial charge in [0.05, 0.1) is 15.7 Å². The van der Waals surface area contributed by atoms with E-state index >= 15 is 0 Å². The standard InChI is InChI=1S/C10H12N2S/c1-2-7-3-4-8(5-11)9-10(7)13-6-12-9/h3-4,6H,2,5,11H2,1H3. The van der Waals surface area contributed by atoms with Gasteiger partial charge in [0.2, 0.25) is 0 Å². The molecule has 0 radical (unpaired) electrons. The molecular weight excluding hydrogens is 180 g/mol. The second kappa shape index (κ2) is 3.44. The molecule has 1 heterocycles. The van der Waals surface area contributed by atoms with E-state index in [0.717, 1.165) is 17.5 Å². The van der Waals surface area contributed by atoms with Crippen LogP contribution in [0.15, 0.2) is 17.6 Å². The first-order chi connectivity index (χ1) is 6.36. The Morgan fingerprint density at radius 2 is 2.15 bits per heavy atom. The first kappa shape index (κ1) is 8.66. The Hall–Kier alpha value is -0.930. The summed E-state index contributed by atoms with van der Waals surface area (Å²) >= 11 is 1.70. The molecular formula is C10H12N2S. The third-order valence-corrected chi connectivity index (χ3v) is 3.15. The van der Waals surface area contributed by atoms with E-state index in [-0.39, 0.29) is 0 Å². The van der Waals surface area contributed by atoms with Crippen molar-refractivity contribution in [2.24, 2.45) is 5.73 Å². The van der Waals surface area contributed by atoms with Crippen molar-refractivity contribution in [1.29, 1.82) is 0 Å². The van der Waals surface area contributed by atoms with Gasteiger partial charge in [-0.25, -0.2) is 4.98 Å². The highest BCUT2D eigenvalue weighted by Gasteiger charge is 2.05. The van der Waals surface area contributed by atoms with E-state index in [2.05, 4.69) is 24.0 Å². The van der Waals surface area contributed by atoms with Crippen LogP contribution in [0.4, 0.5) is 0 Å². The Bertz CT molecular complexity index is 382. The molecule has 2 aromatic rings. The monoisotopic (exact) mass is 192 g/mol. The minimum absolute atomic E-state index is 0.574. The summed E-state index contributed by atoms with van der Waals surface area (Å²) in [5.74, 6) is 0. The minimum Gasteiger partial charge on any atom is -0.326 e. The SMILES string of the molecule is CCc1ccc(CN)c2ncsc12. The van der Waals surface area contributed by atoms with E-state index < -0.39 is 0 Å². The van der Waals surface area contributed by atoms with Gasteiger partial charge in [-0.3, -0.25) is 0 Å². The third kappa shape index (κ3) is 1.34. The molecule has 2 rings (SSSR count). The predicted molar refractivity (Wildman–Crippen MR) is 56.9 cm³/mol. The molecule has 2 nitrogen and oxygen atoms in total. The lowest BCUT2D eigenvalue weighted by Gasteiger charge is -2.02. The van der Waals surface area contributed by atoms with Gasteiger partial charge in [0.1, 0.15) is 0 Å². The summed E-state index contributed by atoms with van der Waals surface area (Å²) in [6, 6.07) is 4.24. The second-order valence-corrected chi connectivity index (χ2v) is 3.83. The number of hydrogen-bond donors (Lipinski definition) is 1. The fraction of sp³-hybridized carbons (Fsp3) is 0.300. The number of hydrogen-bond acceptors (Lipinski definition) is 3. The molecule has 0 saturated carbocycles. The molecule has 1 aromatic carbocycles. The van der Waals surface area contributed by atoms with Gasteiger partial charge in [-0.1, -0.05) is 19.1 Å². The van der Waals surface area contributed by atoms with Crippen LogP contribution in [0, 0.1) is 0 Å². The smallest absolute Gasteiger partial charge is 0.0859 e. The maximum absolute atomic E-state index is 5.63. The molecule has 2 N–H and O–H groups in total. The Morgan fingerprint density at radius 3 is 2.85 bits per heavy atom. The van der Waals surface area contributed by atoms with E-state index in [0.29, 0.717) is 6.54 Å². The summed E-state index contributed by atoms with van der Waals surface area (Å²) in [7, 11) is 0. The lowest BCUT2D eigenvalue weighted by atomic mass is 10.1. The summed E-state index contributed by atoms with van der Waals surface area (Å²) < 4.78 is 1.30. The molecule has 0 atom stereocenters. The van der Waals surface area contributed by atoms with Crippen LogP contribution in [0.2, 0.25) is 0 Å². The number of rotatable bonds is 2. The van der Waals surface area contributed by atoms with Crippen molar-refractivity contribution < 1.29 is 0 Å². The van der Waals surface area contributed by atoms with Crippen molar-refractivity contribution in [2.75, 3.05) is 0 Å². The number of thiazole rings is 1. The molecule has 0 fully saturated rings. The number of nitrogens with two attached hydrogens (primary N) is 1. The molecule has 68 valence electrons. The topological polar surface area (TPSA) is 38.9 Å². The molecule has 0 aliphatic rings. The van der Waals surface area contributed by atoms with Crippen LogP contribution in [-0.4, -0.2) is 4.98 Å². The van der Waals surface area contributed by atoms with Crippen LogP contribution in [0.5, 0.6) is 0 Å². The summed E-state index contributed by atoms with van der Waals surface area (Å²) in [6.07, 6.45) is 1.06. The molecule has 0 aliphatic heterocycles. The Kier molecular flexibility index (Phi) is 2.29. The highest BCUT2D eigenvalue weighted by molar-refractivity contribution is 7.17. The zero-order valence-corrected chi connectivity index (χ0v) is 8.40. The molecule has 0 spiro atoms. The number of benzene rings is 1. The lowest BCUT2D eigenvalue weighted by Crippen LogP contribution is -1.97. The molecule has 3 heteroatoms. The first-order valence-corrected chi connectivity index (χ1v) is 5.28. The van der Waals surface area contributed by atoms with Gasteiger partial charge < -0.3 is 5.73 Å². The number of aromatic nitrogens is 1. The van der Waals surface area contributed by atoms with Crippen molar-refractivity contribution in [3.05, 3.63) is 28.8 Å². The highest BCUT2D eigenvalue weighted by Crippen LogP contribution is 2.25. The van der Waals surface area contributed by atoms with E-state index in [9.17, 15) is 0 Å². The summed E-state index contributed by atoms with van der Waals surface area (Å²) in [6.45, 7) is 2.74. The summed E-state index contributed by atoms with van der Waals surface area (Å²) in [4.78, 5) is 4.34. The van der Waals surface area contributed by atoms with Crippen molar-refractivity contribution in [1.82, 2.24) is 4.98 Å². The zero-order valence-electron chi connectivity index (χ0n) is 7.58. The Labute approximate surface area is 81.4 Å². The van der Waals surface area contributed by atoms with E-state index in [1.807, 2.05) is 5.51 Å². The van der Waals surface area contributed by atoms with Gasteiger partial charge in [0, 0.05) is 6.54 Å². The maximum Gasteiger partial charge on any atom is 0.0859 e. The van der Waals surface area contributed by atoms with Crippen LogP contribution in [0.25, 0.3) is 10.2 Å². The quantitative estimate of drug-likeness (QED) is 0.793. The summed E-state index contributed by atoms with van der Waals surface area (Å²) in [5, 5.41) is 0. The van der Waals surface area contributed by atoms with E-state index in [1.54, 1.807) is 11.3 Å². The Morgan fingerprint density at radius 1 is 1.38 bits per heavy atom. The van der Waals surface area contributed by atoms with Gasteiger partial charge in [0.15, 0.2) is 0 Å². The van der Waals surface area contributed by atoms with Crippen molar-refractivity contribution in [3.8, 4) is 0 Å². The largest absolute Gasteiger partial charge is 0.326 e. The molecule has 1 aromatic heterocycles. The van der Waals surface area contributed by atoms with Gasteiger partial charge in [-0.2, -0.15) is 0 Å².